The molecule has 0 bridgehead atoms. The van der Waals surface area contributed by atoms with Crippen molar-refractivity contribution >= 4 is 5.91 Å². The van der Waals surface area contributed by atoms with Gasteiger partial charge >= 0.3 is 0 Å². The lowest BCUT2D eigenvalue weighted by atomic mass is 10.2. The fourth-order valence-electron chi connectivity index (χ4n) is 2.34. The predicted octanol–water partition coefficient (Wildman–Crippen LogP) is -1.20. The Bertz CT molecular complexity index is 392. The molecule has 2 heterocycles. The molecule has 1 aromatic rings. The highest BCUT2D eigenvalue weighted by Crippen LogP contribution is 2.18. The maximum atomic E-state index is 12.2. The molecule has 2 unspecified atom stereocenters. The molecular weight excluding hydrogens is 234 g/mol. The van der Waals surface area contributed by atoms with Crippen LogP contribution in [-0.4, -0.2) is 74.9 Å². The molecule has 0 radical (unpaired) electrons. The number of likely N-dealkylation sites (tertiary alicyclic amines) is 1. The van der Waals surface area contributed by atoms with E-state index in [0.717, 1.165) is 6.54 Å². The molecule has 1 amide bonds. The molecule has 1 aromatic heterocycles. The minimum absolute atomic E-state index is 0.0242. The number of aliphatic hydroxyl groups excluding tert-OH is 1. The van der Waals surface area contributed by atoms with Crippen molar-refractivity contribution in [2.24, 2.45) is 0 Å². The Kier molecular flexibility index (Phi) is 3.93. The average Bonchev–Trinajstić information content (AvgIpc) is 2.87. The number of amides is 1. The van der Waals surface area contributed by atoms with Crippen LogP contribution >= 0.6 is 0 Å². The zero-order chi connectivity index (χ0) is 13.1. The Morgan fingerprint density at radius 3 is 2.94 bits per heavy atom. The maximum Gasteiger partial charge on any atom is 0.244 e. The van der Waals surface area contributed by atoms with Gasteiger partial charge in [-0.05, 0) is 20.5 Å². The summed E-state index contributed by atoms with van der Waals surface area (Å²) in [6, 6.07) is 0.0750. The molecule has 0 spiro atoms. The molecule has 2 rings (SSSR count). The molecule has 0 saturated carbocycles. The Balaban J connectivity index is 1.98. The van der Waals surface area contributed by atoms with E-state index in [9.17, 15) is 9.90 Å². The van der Waals surface area contributed by atoms with Crippen molar-refractivity contribution in [2.75, 3.05) is 27.2 Å². The molecule has 1 saturated heterocycles. The van der Waals surface area contributed by atoms with Crippen molar-refractivity contribution in [3.8, 4) is 0 Å². The van der Waals surface area contributed by atoms with Crippen LogP contribution in [0.4, 0.5) is 0 Å². The second-order valence-corrected chi connectivity index (χ2v) is 4.94. The van der Waals surface area contributed by atoms with E-state index in [2.05, 4.69) is 10.1 Å². The van der Waals surface area contributed by atoms with Crippen molar-refractivity contribution < 1.29 is 9.90 Å². The molecular formula is C11H19N5O2. The number of aliphatic hydroxyl groups is 1. The van der Waals surface area contributed by atoms with E-state index in [-0.39, 0.29) is 18.5 Å². The summed E-state index contributed by atoms with van der Waals surface area (Å²) in [4.78, 5) is 19.7. The van der Waals surface area contributed by atoms with Gasteiger partial charge in [-0.25, -0.2) is 9.67 Å². The number of carbonyl (C=O) groups excluding carboxylic acids is 1. The first kappa shape index (κ1) is 13.0. The van der Waals surface area contributed by atoms with E-state index in [0.29, 0.717) is 13.0 Å². The lowest BCUT2D eigenvalue weighted by Crippen LogP contribution is -2.42. The van der Waals surface area contributed by atoms with E-state index in [4.69, 9.17) is 0 Å². The number of carbonyl (C=O) groups is 1. The van der Waals surface area contributed by atoms with Crippen LogP contribution in [0.1, 0.15) is 6.42 Å². The molecule has 18 heavy (non-hydrogen) atoms. The molecule has 7 heteroatoms. The standard InChI is InChI=1S/C11H19N5O2/c1-14(2)4-9-3-10(17)5-16(9)11(18)6-15-8-12-7-13-15/h7-10,17H,3-6H2,1-2H3. The van der Waals surface area contributed by atoms with E-state index in [1.807, 2.05) is 19.0 Å². The Morgan fingerprint density at radius 2 is 2.33 bits per heavy atom. The van der Waals surface area contributed by atoms with Crippen LogP contribution in [0.5, 0.6) is 0 Å². The smallest absolute Gasteiger partial charge is 0.244 e. The van der Waals surface area contributed by atoms with Gasteiger partial charge < -0.3 is 14.9 Å². The van der Waals surface area contributed by atoms with Crippen molar-refractivity contribution in [3.05, 3.63) is 12.7 Å². The number of rotatable bonds is 4. The summed E-state index contributed by atoms with van der Waals surface area (Å²) < 4.78 is 1.50. The fraction of sp³-hybridized carbons (Fsp3) is 0.727. The predicted molar refractivity (Wildman–Crippen MR) is 64.7 cm³/mol. The third-order valence-corrected chi connectivity index (χ3v) is 3.05. The number of likely N-dealkylation sites (N-methyl/N-ethyl adjacent to an activating group) is 1. The molecule has 1 fully saturated rings. The van der Waals surface area contributed by atoms with Gasteiger partial charge in [0.05, 0.1) is 6.10 Å². The van der Waals surface area contributed by atoms with Gasteiger partial charge in [0.1, 0.15) is 19.2 Å². The van der Waals surface area contributed by atoms with E-state index in [1.54, 1.807) is 4.90 Å². The van der Waals surface area contributed by atoms with Gasteiger partial charge in [0.2, 0.25) is 5.91 Å². The molecule has 1 aliphatic heterocycles. The maximum absolute atomic E-state index is 12.2. The Hall–Kier alpha value is -1.47. The van der Waals surface area contributed by atoms with Gasteiger partial charge in [0.25, 0.3) is 0 Å². The van der Waals surface area contributed by atoms with Gasteiger partial charge in [-0.15, -0.1) is 0 Å². The number of hydrogen-bond acceptors (Lipinski definition) is 5. The second-order valence-electron chi connectivity index (χ2n) is 4.94. The molecule has 0 aromatic carbocycles. The summed E-state index contributed by atoms with van der Waals surface area (Å²) >= 11 is 0. The zero-order valence-electron chi connectivity index (χ0n) is 10.7. The van der Waals surface area contributed by atoms with Crippen LogP contribution in [0.15, 0.2) is 12.7 Å². The van der Waals surface area contributed by atoms with Crippen LogP contribution in [-0.2, 0) is 11.3 Å². The minimum atomic E-state index is -0.422. The first-order chi connectivity index (χ1) is 8.56. The van der Waals surface area contributed by atoms with Gasteiger partial charge in [-0.3, -0.25) is 4.79 Å². The van der Waals surface area contributed by atoms with Crippen LogP contribution in [0, 0.1) is 0 Å². The summed E-state index contributed by atoms with van der Waals surface area (Å²) in [7, 11) is 3.93. The first-order valence-corrected chi connectivity index (χ1v) is 6.01. The Morgan fingerprint density at radius 1 is 1.56 bits per heavy atom. The number of aromatic nitrogens is 3. The van der Waals surface area contributed by atoms with Crippen LogP contribution in [0.3, 0.4) is 0 Å². The third kappa shape index (κ3) is 3.05. The monoisotopic (exact) mass is 253 g/mol. The molecule has 2 atom stereocenters. The first-order valence-electron chi connectivity index (χ1n) is 6.01. The number of nitrogens with zero attached hydrogens (tertiary/aromatic N) is 5. The van der Waals surface area contributed by atoms with Crippen LogP contribution in [0.25, 0.3) is 0 Å². The highest BCUT2D eigenvalue weighted by Gasteiger charge is 2.34. The lowest BCUT2D eigenvalue weighted by molar-refractivity contribution is -0.133. The second kappa shape index (κ2) is 5.45. The largest absolute Gasteiger partial charge is 0.391 e. The topological polar surface area (TPSA) is 74.5 Å². The van der Waals surface area contributed by atoms with Crippen molar-refractivity contribution in [1.29, 1.82) is 0 Å². The highest BCUT2D eigenvalue weighted by molar-refractivity contribution is 5.76. The van der Waals surface area contributed by atoms with Gasteiger partial charge in [0.15, 0.2) is 0 Å². The molecule has 100 valence electrons. The summed E-state index contributed by atoms with van der Waals surface area (Å²) in [5.74, 6) is -0.0242. The summed E-state index contributed by atoms with van der Waals surface area (Å²) in [6.45, 7) is 1.35. The molecule has 1 aliphatic rings. The summed E-state index contributed by atoms with van der Waals surface area (Å²) in [5, 5.41) is 13.6. The van der Waals surface area contributed by atoms with Crippen LogP contribution in [0.2, 0.25) is 0 Å². The van der Waals surface area contributed by atoms with E-state index in [1.165, 1.54) is 17.3 Å². The van der Waals surface area contributed by atoms with Gasteiger partial charge in [-0.1, -0.05) is 0 Å². The number of β-amino-alcohol motifs (C(OH)–C–C–N with tert-alkyl or cyclic N) is 1. The molecule has 7 nitrogen and oxygen atoms in total. The van der Waals surface area contributed by atoms with Crippen molar-refractivity contribution in [1.82, 2.24) is 24.6 Å². The zero-order valence-corrected chi connectivity index (χ0v) is 10.7. The number of hydrogen-bond donors (Lipinski definition) is 1. The highest BCUT2D eigenvalue weighted by atomic mass is 16.3. The van der Waals surface area contributed by atoms with Gasteiger partial charge in [-0.2, -0.15) is 5.10 Å². The Labute approximate surface area is 106 Å². The van der Waals surface area contributed by atoms with Crippen molar-refractivity contribution in [3.63, 3.8) is 0 Å². The average molecular weight is 253 g/mol. The molecule has 0 aliphatic carbocycles. The van der Waals surface area contributed by atoms with Gasteiger partial charge in [0, 0.05) is 19.1 Å². The lowest BCUT2D eigenvalue weighted by Gasteiger charge is -2.26. The normalized spacial score (nSPS) is 23.9. The summed E-state index contributed by atoms with van der Waals surface area (Å²) in [6.07, 6.45) is 3.14. The van der Waals surface area contributed by atoms with Crippen molar-refractivity contribution in [2.45, 2.75) is 25.1 Å². The minimum Gasteiger partial charge on any atom is -0.391 e. The fourth-order valence-corrected chi connectivity index (χ4v) is 2.34. The quantitative estimate of drug-likeness (QED) is 0.729. The third-order valence-electron chi connectivity index (χ3n) is 3.05. The van der Waals surface area contributed by atoms with Crippen LogP contribution < -0.4 is 0 Å². The van der Waals surface area contributed by atoms with E-state index >= 15 is 0 Å². The SMILES string of the molecule is CN(C)CC1CC(O)CN1C(=O)Cn1cncn1. The molecule has 1 N–H and O–H groups in total. The van der Waals surface area contributed by atoms with E-state index < -0.39 is 6.10 Å². The summed E-state index contributed by atoms with van der Waals surface area (Å²) in [5.41, 5.74) is 0.